The zero-order chi connectivity index (χ0) is 15.2. The molecule has 114 valence electrons. The molecule has 21 heavy (non-hydrogen) atoms. The number of carbonyl (C=O) groups is 2. The molecule has 5 heteroatoms. The van der Waals surface area contributed by atoms with Crippen molar-refractivity contribution in [3.05, 3.63) is 30.3 Å². The van der Waals surface area contributed by atoms with Gasteiger partial charge in [0.05, 0.1) is 5.92 Å². The fourth-order valence-electron chi connectivity index (χ4n) is 2.64. The van der Waals surface area contributed by atoms with Crippen molar-refractivity contribution in [1.82, 2.24) is 4.90 Å². The molecule has 0 aliphatic carbocycles. The SMILES string of the molecule is CN(CCCCN1CC(C(N)=O)CC1=O)c1ccccc1. The van der Waals surface area contributed by atoms with E-state index in [0.29, 0.717) is 13.1 Å². The summed E-state index contributed by atoms with van der Waals surface area (Å²) in [6, 6.07) is 10.2. The quantitative estimate of drug-likeness (QED) is 0.768. The highest BCUT2D eigenvalue weighted by molar-refractivity contribution is 5.88. The lowest BCUT2D eigenvalue weighted by atomic mass is 10.1. The van der Waals surface area contributed by atoms with Gasteiger partial charge in [-0.2, -0.15) is 0 Å². The Hall–Kier alpha value is -2.04. The van der Waals surface area contributed by atoms with Gasteiger partial charge in [0.1, 0.15) is 0 Å². The molecule has 0 radical (unpaired) electrons. The van der Waals surface area contributed by atoms with Gasteiger partial charge in [-0.3, -0.25) is 9.59 Å². The Morgan fingerprint density at radius 2 is 2.05 bits per heavy atom. The van der Waals surface area contributed by atoms with Gasteiger partial charge in [0.25, 0.3) is 0 Å². The van der Waals surface area contributed by atoms with Gasteiger partial charge in [0.15, 0.2) is 0 Å². The number of benzene rings is 1. The molecule has 2 rings (SSSR count). The third kappa shape index (κ3) is 4.21. The highest BCUT2D eigenvalue weighted by atomic mass is 16.2. The van der Waals surface area contributed by atoms with Gasteiger partial charge in [-0.25, -0.2) is 0 Å². The summed E-state index contributed by atoms with van der Waals surface area (Å²) in [5.74, 6) is -0.616. The number of anilines is 1. The lowest BCUT2D eigenvalue weighted by molar-refractivity contribution is -0.128. The van der Waals surface area contributed by atoms with E-state index in [9.17, 15) is 9.59 Å². The summed E-state index contributed by atoms with van der Waals surface area (Å²) < 4.78 is 0. The monoisotopic (exact) mass is 289 g/mol. The van der Waals surface area contributed by atoms with E-state index in [1.165, 1.54) is 5.69 Å². The zero-order valence-corrected chi connectivity index (χ0v) is 12.5. The summed E-state index contributed by atoms with van der Waals surface area (Å²) in [6.07, 6.45) is 2.23. The van der Waals surface area contributed by atoms with Crippen molar-refractivity contribution in [2.24, 2.45) is 11.7 Å². The number of amides is 2. The summed E-state index contributed by atoms with van der Waals surface area (Å²) in [4.78, 5) is 26.8. The van der Waals surface area contributed by atoms with E-state index in [1.807, 2.05) is 18.2 Å². The molecule has 0 bridgehead atoms. The second-order valence-electron chi connectivity index (χ2n) is 5.61. The number of rotatable bonds is 7. The summed E-state index contributed by atoms with van der Waals surface area (Å²) in [5.41, 5.74) is 6.45. The van der Waals surface area contributed by atoms with Crippen molar-refractivity contribution in [3.8, 4) is 0 Å². The summed E-state index contributed by atoms with van der Waals surface area (Å²) in [5, 5.41) is 0. The first-order valence-electron chi connectivity index (χ1n) is 7.41. The Morgan fingerprint density at radius 1 is 1.33 bits per heavy atom. The Balaban J connectivity index is 1.68. The largest absolute Gasteiger partial charge is 0.375 e. The van der Waals surface area contributed by atoms with Crippen molar-refractivity contribution in [2.45, 2.75) is 19.3 Å². The Bertz CT molecular complexity index is 490. The van der Waals surface area contributed by atoms with Gasteiger partial charge in [-0.1, -0.05) is 18.2 Å². The zero-order valence-electron chi connectivity index (χ0n) is 12.5. The van der Waals surface area contributed by atoms with Crippen LogP contribution in [0.1, 0.15) is 19.3 Å². The van der Waals surface area contributed by atoms with Crippen LogP contribution in [0.15, 0.2) is 30.3 Å². The maximum atomic E-state index is 11.7. The topological polar surface area (TPSA) is 66.6 Å². The molecular formula is C16H23N3O2. The molecule has 1 aliphatic rings. The number of unbranched alkanes of at least 4 members (excludes halogenated alkanes) is 1. The van der Waals surface area contributed by atoms with Crippen molar-refractivity contribution in [2.75, 3.05) is 31.6 Å². The minimum atomic E-state index is -0.366. The van der Waals surface area contributed by atoms with E-state index < -0.39 is 0 Å². The number of nitrogens with zero attached hydrogens (tertiary/aromatic N) is 2. The smallest absolute Gasteiger partial charge is 0.223 e. The maximum absolute atomic E-state index is 11.7. The minimum absolute atomic E-state index is 0.0511. The molecule has 1 unspecified atom stereocenters. The first-order valence-corrected chi connectivity index (χ1v) is 7.41. The number of likely N-dealkylation sites (tertiary alicyclic amines) is 1. The van der Waals surface area contributed by atoms with E-state index in [-0.39, 0.29) is 24.2 Å². The number of hydrogen-bond donors (Lipinski definition) is 1. The molecule has 1 aromatic carbocycles. The predicted octanol–water partition coefficient (Wildman–Crippen LogP) is 1.24. The van der Waals surface area contributed by atoms with Crippen LogP contribution in [0.2, 0.25) is 0 Å². The van der Waals surface area contributed by atoms with Crippen molar-refractivity contribution in [1.29, 1.82) is 0 Å². The molecule has 2 N–H and O–H groups in total. The molecule has 1 heterocycles. The first kappa shape index (κ1) is 15.4. The summed E-state index contributed by atoms with van der Waals surface area (Å²) in [6.45, 7) is 2.15. The Kier molecular flexibility index (Phi) is 5.20. The Morgan fingerprint density at radius 3 is 2.67 bits per heavy atom. The molecule has 0 aromatic heterocycles. The normalized spacial score (nSPS) is 18.0. The number of nitrogens with two attached hydrogens (primary N) is 1. The maximum Gasteiger partial charge on any atom is 0.223 e. The molecule has 5 nitrogen and oxygen atoms in total. The molecular weight excluding hydrogens is 266 g/mol. The van der Waals surface area contributed by atoms with Crippen LogP contribution in [-0.4, -0.2) is 43.4 Å². The van der Waals surface area contributed by atoms with Gasteiger partial charge in [0, 0.05) is 38.8 Å². The van der Waals surface area contributed by atoms with Crippen molar-refractivity contribution in [3.63, 3.8) is 0 Å². The molecule has 1 fully saturated rings. The van der Waals surface area contributed by atoms with Gasteiger partial charge in [-0.15, -0.1) is 0 Å². The molecule has 1 atom stereocenters. The second-order valence-corrected chi connectivity index (χ2v) is 5.61. The second kappa shape index (κ2) is 7.11. The van der Waals surface area contributed by atoms with Crippen LogP contribution in [0, 0.1) is 5.92 Å². The van der Waals surface area contributed by atoms with Crippen molar-refractivity contribution < 1.29 is 9.59 Å². The molecule has 1 aliphatic heterocycles. The summed E-state index contributed by atoms with van der Waals surface area (Å²) >= 11 is 0. The number of carbonyl (C=O) groups excluding carboxylic acids is 2. The van der Waals surface area contributed by atoms with E-state index in [4.69, 9.17) is 5.73 Å². The van der Waals surface area contributed by atoms with Crippen LogP contribution in [0.5, 0.6) is 0 Å². The van der Waals surface area contributed by atoms with Crippen LogP contribution in [0.4, 0.5) is 5.69 Å². The lowest BCUT2D eigenvalue weighted by Gasteiger charge is -2.20. The van der Waals surface area contributed by atoms with E-state index in [1.54, 1.807) is 4.90 Å². The average molecular weight is 289 g/mol. The van der Waals surface area contributed by atoms with Crippen LogP contribution >= 0.6 is 0 Å². The van der Waals surface area contributed by atoms with Crippen LogP contribution in [-0.2, 0) is 9.59 Å². The third-order valence-electron chi connectivity index (χ3n) is 3.99. The fraction of sp³-hybridized carbons (Fsp3) is 0.500. The van der Waals surface area contributed by atoms with E-state index in [2.05, 4.69) is 24.1 Å². The standard InChI is InChI=1S/C16H23N3O2/c1-18(14-7-3-2-4-8-14)9-5-6-10-19-12-13(16(17)21)11-15(19)20/h2-4,7-8,13H,5-6,9-12H2,1H3,(H2,17,21). The van der Waals surface area contributed by atoms with Crippen LogP contribution in [0.3, 0.4) is 0 Å². The first-order chi connectivity index (χ1) is 10.1. The van der Waals surface area contributed by atoms with E-state index in [0.717, 1.165) is 19.4 Å². The molecule has 1 aromatic rings. The van der Waals surface area contributed by atoms with Gasteiger partial charge < -0.3 is 15.5 Å². The van der Waals surface area contributed by atoms with Gasteiger partial charge in [-0.05, 0) is 25.0 Å². The summed E-state index contributed by atoms with van der Waals surface area (Å²) in [7, 11) is 2.07. The molecule has 0 saturated carbocycles. The molecule has 1 saturated heterocycles. The number of primary amides is 1. The predicted molar refractivity (Wildman–Crippen MR) is 82.8 cm³/mol. The highest BCUT2D eigenvalue weighted by Crippen LogP contribution is 2.18. The van der Waals surface area contributed by atoms with E-state index >= 15 is 0 Å². The number of hydrogen-bond acceptors (Lipinski definition) is 3. The lowest BCUT2D eigenvalue weighted by Crippen LogP contribution is -2.29. The highest BCUT2D eigenvalue weighted by Gasteiger charge is 2.32. The Labute approximate surface area is 125 Å². The minimum Gasteiger partial charge on any atom is -0.375 e. The molecule has 0 spiro atoms. The van der Waals surface area contributed by atoms with Crippen LogP contribution < -0.4 is 10.6 Å². The van der Waals surface area contributed by atoms with Crippen molar-refractivity contribution >= 4 is 17.5 Å². The van der Waals surface area contributed by atoms with Gasteiger partial charge in [0.2, 0.25) is 11.8 Å². The average Bonchev–Trinajstić information content (AvgIpc) is 2.86. The van der Waals surface area contributed by atoms with Gasteiger partial charge >= 0.3 is 0 Å². The third-order valence-corrected chi connectivity index (χ3v) is 3.99. The number of para-hydroxylation sites is 1. The van der Waals surface area contributed by atoms with Crippen LogP contribution in [0.25, 0.3) is 0 Å². The fourth-order valence-corrected chi connectivity index (χ4v) is 2.64. The molecule has 2 amide bonds.